The molecule has 3 aromatic rings. The number of benzene rings is 3. The van der Waals surface area contributed by atoms with Crippen LogP contribution in [0.25, 0.3) is 0 Å². The van der Waals surface area contributed by atoms with Crippen molar-refractivity contribution in [1.82, 2.24) is 4.90 Å². The summed E-state index contributed by atoms with van der Waals surface area (Å²) >= 11 is 5.87. The van der Waals surface area contributed by atoms with Crippen LogP contribution >= 0.6 is 12.2 Å². The number of fused-ring (bicyclic) bond motifs is 1. The molecule has 0 bridgehead atoms. The van der Waals surface area contributed by atoms with Gasteiger partial charge in [0.25, 0.3) is 0 Å². The third kappa shape index (κ3) is 5.09. The molecule has 34 heavy (non-hydrogen) atoms. The standard InChI is InChI=1S/C27H29FN2O3S/c1-17-5-10-23(18(2)13-17)29-27(34)30-12-11-19-14-25(31-3)26(32-4)15-22(19)24(30)16-33-21-8-6-20(28)7-9-21/h5-10,13-15,24H,11-12,16H2,1-4H3,(H,29,34). The van der Waals surface area contributed by atoms with E-state index in [4.69, 9.17) is 26.4 Å². The van der Waals surface area contributed by atoms with E-state index in [-0.39, 0.29) is 11.9 Å². The summed E-state index contributed by atoms with van der Waals surface area (Å²) < 4.78 is 30.5. The van der Waals surface area contributed by atoms with Crippen LogP contribution in [-0.4, -0.2) is 37.4 Å². The minimum absolute atomic E-state index is 0.167. The molecule has 4 rings (SSSR count). The lowest BCUT2D eigenvalue weighted by molar-refractivity contribution is 0.190. The molecule has 0 aliphatic carbocycles. The molecule has 1 heterocycles. The quantitative estimate of drug-likeness (QED) is 0.448. The number of hydrogen-bond acceptors (Lipinski definition) is 4. The molecular weight excluding hydrogens is 451 g/mol. The molecular formula is C27H29FN2O3S. The first-order chi connectivity index (χ1) is 16.4. The van der Waals surface area contributed by atoms with Gasteiger partial charge in [-0.2, -0.15) is 0 Å². The van der Waals surface area contributed by atoms with Crippen molar-refractivity contribution >= 4 is 23.0 Å². The van der Waals surface area contributed by atoms with Gasteiger partial charge in [0.1, 0.15) is 18.2 Å². The van der Waals surface area contributed by atoms with E-state index in [2.05, 4.69) is 36.2 Å². The highest BCUT2D eigenvalue weighted by Gasteiger charge is 2.31. The number of methoxy groups -OCH3 is 2. The van der Waals surface area contributed by atoms with Gasteiger partial charge in [0.15, 0.2) is 16.6 Å². The van der Waals surface area contributed by atoms with Gasteiger partial charge in [-0.25, -0.2) is 4.39 Å². The predicted octanol–water partition coefficient (Wildman–Crippen LogP) is 5.83. The van der Waals surface area contributed by atoms with Crippen LogP contribution in [0.4, 0.5) is 10.1 Å². The number of ether oxygens (including phenoxy) is 3. The van der Waals surface area contributed by atoms with Crippen LogP contribution < -0.4 is 19.5 Å². The lowest BCUT2D eigenvalue weighted by Crippen LogP contribution is -2.44. The number of thiocarbonyl (C=S) groups is 1. The summed E-state index contributed by atoms with van der Waals surface area (Å²) in [4.78, 5) is 2.15. The minimum Gasteiger partial charge on any atom is -0.493 e. The van der Waals surface area contributed by atoms with Gasteiger partial charge in [-0.15, -0.1) is 0 Å². The van der Waals surface area contributed by atoms with Crippen molar-refractivity contribution in [3.05, 3.63) is 82.7 Å². The summed E-state index contributed by atoms with van der Waals surface area (Å²) in [5, 5.41) is 4.05. The van der Waals surface area contributed by atoms with Gasteiger partial charge in [0.05, 0.1) is 20.3 Å². The third-order valence-electron chi connectivity index (χ3n) is 6.11. The molecule has 3 aromatic carbocycles. The summed E-state index contributed by atoms with van der Waals surface area (Å²) in [5.41, 5.74) is 5.54. The largest absolute Gasteiger partial charge is 0.493 e. The van der Waals surface area contributed by atoms with Gasteiger partial charge in [-0.1, -0.05) is 17.7 Å². The predicted molar refractivity (Wildman–Crippen MR) is 137 cm³/mol. The maximum atomic E-state index is 13.4. The highest BCUT2D eigenvalue weighted by molar-refractivity contribution is 7.80. The van der Waals surface area contributed by atoms with Crippen molar-refractivity contribution < 1.29 is 18.6 Å². The molecule has 7 heteroatoms. The van der Waals surface area contributed by atoms with Crippen LogP contribution in [0.5, 0.6) is 17.2 Å². The molecule has 1 N–H and O–H groups in total. The molecule has 178 valence electrons. The molecule has 1 atom stereocenters. The van der Waals surface area contributed by atoms with Crippen molar-refractivity contribution in [2.24, 2.45) is 0 Å². The van der Waals surface area contributed by atoms with Crippen molar-refractivity contribution in [3.8, 4) is 17.2 Å². The molecule has 0 saturated carbocycles. The Hall–Kier alpha value is -3.32. The fourth-order valence-electron chi connectivity index (χ4n) is 4.30. The number of halogens is 1. The molecule has 0 saturated heterocycles. The number of rotatable bonds is 6. The zero-order valence-electron chi connectivity index (χ0n) is 19.9. The third-order valence-corrected chi connectivity index (χ3v) is 6.45. The lowest BCUT2D eigenvalue weighted by atomic mass is 9.92. The van der Waals surface area contributed by atoms with Crippen molar-refractivity contribution in [1.29, 1.82) is 0 Å². The maximum Gasteiger partial charge on any atom is 0.174 e. The molecule has 0 radical (unpaired) electrons. The molecule has 1 aliphatic rings. The van der Waals surface area contributed by atoms with Gasteiger partial charge in [-0.05, 0) is 91.6 Å². The Balaban J connectivity index is 1.65. The smallest absolute Gasteiger partial charge is 0.174 e. The number of nitrogens with zero attached hydrogens (tertiary/aromatic N) is 1. The van der Waals surface area contributed by atoms with Crippen LogP contribution in [0.3, 0.4) is 0 Å². The van der Waals surface area contributed by atoms with Gasteiger partial charge < -0.3 is 24.4 Å². The van der Waals surface area contributed by atoms with Crippen LogP contribution in [0.15, 0.2) is 54.6 Å². The average molecular weight is 481 g/mol. The van der Waals surface area contributed by atoms with Gasteiger partial charge in [0.2, 0.25) is 0 Å². The van der Waals surface area contributed by atoms with Crippen LogP contribution in [0, 0.1) is 19.7 Å². The molecule has 1 aliphatic heterocycles. The maximum absolute atomic E-state index is 13.4. The summed E-state index contributed by atoms with van der Waals surface area (Å²) in [5.74, 6) is 1.65. The fraction of sp³-hybridized carbons (Fsp3) is 0.296. The first-order valence-corrected chi connectivity index (χ1v) is 11.6. The number of hydrogen-bond donors (Lipinski definition) is 1. The van der Waals surface area contributed by atoms with Gasteiger partial charge >= 0.3 is 0 Å². The van der Waals surface area contributed by atoms with Crippen molar-refractivity contribution in [3.63, 3.8) is 0 Å². The van der Waals surface area contributed by atoms with E-state index in [1.165, 1.54) is 17.7 Å². The van der Waals surface area contributed by atoms with E-state index in [0.717, 1.165) is 35.3 Å². The second-order valence-electron chi connectivity index (χ2n) is 8.38. The van der Waals surface area contributed by atoms with Crippen molar-refractivity contribution in [2.45, 2.75) is 26.3 Å². The highest BCUT2D eigenvalue weighted by Crippen LogP contribution is 2.38. The Morgan fingerprint density at radius 2 is 1.74 bits per heavy atom. The normalized spacial score (nSPS) is 14.9. The molecule has 0 aromatic heterocycles. The van der Waals surface area contributed by atoms with Crippen LogP contribution in [0.2, 0.25) is 0 Å². The van der Waals surface area contributed by atoms with Gasteiger partial charge in [0, 0.05) is 12.2 Å². The molecule has 0 fully saturated rings. The zero-order valence-corrected chi connectivity index (χ0v) is 20.7. The minimum atomic E-state index is -0.298. The molecule has 1 unspecified atom stereocenters. The topological polar surface area (TPSA) is 43.0 Å². The Bertz CT molecular complexity index is 1180. The Kier molecular flexibility index (Phi) is 7.22. The van der Waals surface area contributed by atoms with E-state index in [9.17, 15) is 4.39 Å². The first-order valence-electron chi connectivity index (χ1n) is 11.2. The summed E-state index contributed by atoms with van der Waals surface area (Å²) in [7, 11) is 3.26. The second-order valence-corrected chi connectivity index (χ2v) is 8.77. The van der Waals surface area contributed by atoms with E-state index in [0.29, 0.717) is 29.0 Å². The summed E-state index contributed by atoms with van der Waals surface area (Å²) in [6.07, 6.45) is 0.803. The molecule has 0 spiro atoms. The number of aryl methyl sites for hydroxylation is 2. The summed E-state index contributed by atoms with van der Waals surface area (Å²) in [6.45, 7) is 5.19. The molecule has 5 nitrogen and oxygen atoms in total. The average Bonchev–Trinajstić information content (AvgIpc) is 2.84. The van der Waals surface area contributed by atoms with Crippen LogP contribution in [0.1, 0.15) is 28.3 Å². The monoisotopic (exact) mass is 480 g/mol. The summed E-state index contributed by atoms with van der Waals surface area (Å²) in [6, 6.07) is 16.1. The Morgan fingerprint density at radius 3 is 2.41 bits per heavy atom. The van der Waals surface area contributed by atoms with Gasteiger partial charge in [-0.3, -0.25) is 0 Å². The highest BCUT2D eigenvalue weighted by atomic mass is 32.1. The lowest BCUT2D eigenvalue weighted by Gasteiger charge is -2.39. The fourth-order valence-corrected chi connectivity index (χ4v) is 4.63. The van der Waals surface area contributed by atoms with E-state index in [1.54, 1.807) is 26.4 Å². The van der Waals surface area contributed by atoms with E-state index >= 15 is 0 Å². The second kappa shape index (κ2) is 10.3. The Labute approximate surface area is 205 Å². The van der Waals surface area contributed by atoms with Crippen molar-refractivity contribution in [2.75, 3.05) is 32.7 Å². The Morgan fingerprint density at radius 1 is 1.03 bits per heavy atom. The zero-order chi connectivity index (χ0) is 24.2. The molecule has 0 amide bonds. The van der Waals surface area contributed by atoms with E-state index in [1.807, 2.05) is 18.2 Å². The van der Waals surface area contributed by atoms with Crippen LogP contribution in [-0.2, 0) is 6.42 Å². The number of anilines is 1. The first kappa shape index (κ1) is 23.8. The number of nitrogens with one attached hydrogen (secondary N) is 1. The van der Waals surface area contributed by atoms with E-state index < -0.39 is 0 Å². The SMILES string of the molecule is COc1cc2c(cc1OC)C(COc1ccc(F)cc1)N(C(=S)Nc1ccc(C)cc1C)CC2.